The molecule has 0 spiro atoms. The first kappa shape index (κ1) is 18.2. The predicted molar refractivity (Wildman–Crippen MR) is 90.3 cm³/mol. The van der Waals surface area contributed by atoms with E-state index in [9.17, 15) is 14.0 Å². The fraction of sp³-hybridized carbons (Fsp3) is 0.556. The summed E-state index contributed by atoms with van der Waals surface area (Å²) in [5, 5.41) is 5.24. The molecule has 0 unspecified atom stereocenters. The highest BCUT2D eigenvalue weighted by Gasteiger charge is 2.22. The zero-order chi connectivity index (χ0) is 17.5. The third-order valence-corrected chi connectivity index (χ3v) is 3.78. The van der Waals surface area contributed by atoms with Crippen molar-refractivity contribution >= 4 is 17.5 Å². The van der Waals surface area contributed by atoms with E-state index in [1.807, 2.05) is 13.8 Å². The van der Waals surface area contributed by atoms with E-state index >= 15 is 0 Å². The minimum atomic E-state index is -0.416. The first-order valence-electron chi connectivity index (χ1n) is 8.43. The molecule has 2 N–H and O–H groups in total. The van der Waals surface area contributed by atoms with E-state index < -0.39 is 5.82 Å². The highest BCUT2D eigenvalue weighted by molar-refractivity contribution is 5.95. The second-order valence-corrected chi connectivity index (χ2v) is 6.65. The van der Waals surface area contributed by atoms with Gasteiger partial charge in [0, 0.05) is 12.5 Å². The molecule has 1 saturated carbocycles. The lowest BCUT2D eigenvalue weighted by atomic mass is 10.1. The summed E-state index contributed by atoms with van der Waals surface area (Å²) in [5.41, 5.74) is 0.415. The van der Waals surface area contributed by atoms with Gasteiger partial charge >= 0.3 is 0 Å². The molecule has 2 amide bonds. The van der Waals surface area contributed by atoms with Crippen LogP contribution in [-0.2, 0) is 9.59 Å². The summed E-state index contributed by atoms with van der Waals surface area (Å²) in [4.78, 5) is 23.6. The number of ether oxygens (including phenoxy) is 1. The lowest BCUT2D eigenvalue weighted by Gasteiger charge is -2.13. The van der Waals surface area contributed by atoms with Gasteiger partial charge in [-0.15, -0.1) is 0 Å². The molecule has 0 bridgehead atoms. The number of hydrogen-bond acceptors (Lipinski definition) is 3. The Hall–Kier alpha value is -2.11. The monoisotopic (exact) mass is 336 g/mol. The molecule has 1 aromatic rings. The predicted octanol–water partition coefficient (Wildman–Crippen LogP) is 3.11. The van der Waals surface area contributed by atoms with Crippen molar-refractivity contribution in [2.45, 2.75) is 39.5 Å². The van der Waals surface area contributed by atoms with Crippen molar-refractivity contribution < 1.29 is 18.7 Å². The van der Waals surface area contributed by atoms with Crippen LogP contribution in [0.15, 0.2) is 18.2 Å². The molecule has 1 aliphatic rings. The Labute approximate surface area is 142 Å². The Morgan fingerprint density at radius 3 is 2.71 bits per heavy atom. The zero-order valence-electron chi connectivity index (χ0n) is 14.2. The smallest absolute Gasteiger partial charge is 0.243 e. The number of amides is 2. The van der Waals surface area contributed by atoms with Crippen LogP contribution in [-0.4, -0.2) is 25.0 Å². The Bertz CT molecular complexity index is 586. The van der Waals surface area contributed by atoms with Gasteiger partial charge in [-0.1, -0.05) is 13.8 Å². The normalized spacial score (nSPS) is 13.7. The van der Waals surface area contributed by atoms with E-state index in [2.05, 4.69) is 10.6 Å². The summed E-state index contributed by atoms with van der Waals surface area (Å²) in [6, 6.07) is 4.00. The molecule has 6 heteroatoms. The molecule has 0 saturated heterocycles. The molecule has 24 heavy (non-hydrogen) atoms. The van der Waals surface area contributed by atoms with E-state index in [4.69, 9.17) is 4.74 Å². The van der Waals surface area contributed by atoms with E-state index in [0.717, 1.165) is 19.3 Å². The number of benzene rings is 1. The topological polar surface area (TPSA) is 67.4 Å². The van der Waals surface area contributed by atoms with E-state index in [-0.39, 0.29) is 18.4 Å². The van der Waals surface area contributed by atoms with Crippen LogP contribution in [0.5, 0.6) is 5.75 Å². The molecular formula is C18H25FN2O3. The van der Waals surface area contributed by atoms with Crippen LogP contribution in [0, 0.1) is 17.7 Å². The molecule has 1 aliphatic carbocycles. The quantitative estimate of drug-likeness (QED) is 0.728. The average molecular weight is 336 g/mol. The molecule has 5 nitrogen and oxygen atoms in total. The highest BCUT2D eigenvalue weighted by atomic mass is 19.1. The number of hydrogen-bond donors (Lipinski definition) is 2. The molecule has 0 radical (unpaired) electrons. The highest BCUT2D eigenvalue weighted by Crippen LogP contribution is 2.32. The van der Waals surface area contributed by atoms with E-state index in [1.54, 1.807) is 0 Å². The molecule has 1 fully saturated rings. The molecule has 0 aromatic heterocycles. The first-order valence-corrected chi connectivity index (χ1v) is 8.43. The third kappa shape index (κ3) is 6.56. The maximum Gasteiger partial charge on any atom is 0.243 e. The summed E-state index contributed by atoms with van der Waals surface area (Å²) >= 11 is 0. The second-order valence-electron chi connectivity index (χ2n) is 6.65. The number of halogens is 1. The van der Waals surface area contributed by atoms with Crippen LogP contribution in [0.4, 0.5) is 10.1 Å². The summed E-state index contributed by atoms with van der Waals surface area (Å²) < 4.78 is 19.0. The van der Waals surface area contributed by atoms with Crippen LogP contribution in [0.1, 0.15) is 39.5 Å². The number of rotatable bonds is 9. The fourth-order valence-corrected chi connectivity index (χ4v) is 2.09. The summed E-state index contributed by atoms with van der Waals surface area (Å²) in [7, 11) is 0. The van der Waals surface area contributed by atoms with Gasteiger partial charge in [-0.05, 0) is 43.2 Å². The number of anilines is 1. The lowest BCUT2D eigenvalue weighted by Crippen LogP contribution is -2.33. The zero-order valence-corrected chi connectivity index (χ0v) is 14.2. The third-order valence-electron chi connectivity index (χ3n) is 3.78. The molecule has 2 rings (SSSR count). The van der Waals surface area contributed by atoms with Gasteiger partial charge in [0.05, 0.1) is 18.8 Å². The van der Waals surface area contributed by atoms with Crippen molar-refractivity contribution in [3.05, 3.63) is 24.0 Å². The van der Waals surface area contributed by atoms with Gasteiger partial charge in [-0.3, -0.25) is 9.59 Å². The Morgan fingerprint density at radius 1 is 1.29 bits per heavy atom. The first-order chi connectivity index (χ1) is 11.4. The summed E-state index contributed by atoms with van der Waals surface area (Å²) in [5.74, 6) is 0.355. The fourth-order valence-electron chi connectivity index (χ4n) is 2.09. The van der Waals surface area contributed by atoms with Gasteiger partial charge in [0.25, 0.3) is 0 Å². The Kier molecular flexibility index (Phi) is 6.58. The van der Waals surface area contributed by atoms with E-state index in [0.29, 0.717) is 36.3 Å². The van der Waals surface area contributed by atoms with Crippen LogP contribution in [0.3, 0.4) is 0 Å². The van der Waals surface area contributed by atoms with Crippen LogP contribution in [0.25, 0.3) is 0 Å². The standard InChI is InChI=1S/C18H25FN2O3/c1-12(2)3-8-17(22)20-10-18(23)21-15-7-6-14(19)9-16(15)24-11-13-4-5-13/h6-7,9,12-13H,3-5,8,10-11H2,1-2H3,(H,20,22)(H,21,23). The summed E-state index contributed by atoms with van der Waals surface area (Å²) in [6.45, 7) is 4.49. The van der Waals surface area contributed by atoms with Crippen molar-refractivity contribution in [1.29, 1.82) is 0 Å². The van der Waals surface area contributed by atoms with Crippen molar-refractivity contribution in [2.75, 3.05) is 18.5 Å². The minimum absolute atomic E-state index is 0.115. The van der Waals surface area contributed by atoms with Crippen molar-refractivity contribution in [3.63, 3.8) is 0 Å². The van der Waals surface area contributed by atoms with Gasteiger partial charge in [0.1, 0.15) is 11.6 Å². The second kappa shape index (κ2) is 8.66. The molecule has 0 heterocycles. The average Bonchev–Trinajstić information content (AvgIpc) is 3.35. The molecule has 132 valence electrons. The van der Waals surface area contributed by atoms with Gasteiger partial charge in [-0.25, -0.2) is 4.39 Å². The summed E-state index contributed by atoms with van der Waals surface area (Å²) in [6.07, 6.45) is 3.43. The molecule has 1 aromatic carbocycles. The van der Waals surface area contributed by atoms with Crippen LogP contribution in [0.2, 0.25) is 0 Å². The van der Waals surface area contributed by atoms with Crippen molar-refractivity contribution in [1.82, 2.24) is 5.32 Å². The number of nitrogens with one attached hydrogen (secondary N) is 2. The van der Waals surface area contributed by atoms with Gasteiger partial charge < -0.3 is 15.4 Å². The SMILES string of the molecule is CC(C)CCC(=O)NCC(=O)Nc1ccc(F)cc1OCC1CC1. The number of carbonyl (C=O) groups is 2. The Balaban J connectivity index is 1.82. The molecule has 0 atom stereocenters. The molecular weight excluding hydrogens is 311 g/mol. The maximum atomic E-state index is 13.4. The van der Waals surface area contributed by atoms with Gasteiger partial charge in [-0.2, -0.15) is 0 Å². The van der Waals surface area contributed by atoms with Gasteiger partial charge in [0.2, 0.25) is 11.8 Å². The largest absolute Gasteiger partial charge is 0.491 e. The van der Waals surface area contributed by atoms with Crippen LogP contribution < -0.4 is 15.4 Å². The van der Waals surface area contributed by atoms with Gasteiger partial charge in [0.15, 0.2) is 0 Å². The maximum absolute atomic E-state index is 13.4. The van der Waals surface area contributed by atoms with Crippen molar-refractivity contribution in [2.24, 2.45) is 11.8 Å². The minimum Gasteiger partial charge on any atom is -0.491 e. The van der Waals surface area contributed by atoms with Crippen LogP contribution >= 0.6 is 0 Å². The lowest BCUT2D eigenvalue weighted by molar-refractivity contribution is -0.124. The van der Waals surface area contributed by atoms with E-state index in [1.165, 1.54) is 18.2 Å². The molecule has 0 aliphatic heterocycles. The van der Waals surface area contributed by atoms with Crippen molar-refractivity contribution in [3.8, 4) is 5.75 Å². The number of carbonyl (C=O) groups excluding carboxylic acids is 2. The Morgan fingerprint density at radius 2 is 2.04 bits per heavy atom.